The number of hydrogen-bond acceptors (Lipinski definition) is 5. The first kappa shape index (κ1) is 19.6. The van der Waals surface area contributed by atoms with E-state index < -0.39 is 16.1 Å². The van der Waals surface area contributed by atoms with Gasteiger partial charge in [0.15, 0.2) is 0 Å². The third kappa shape index (κ3) is 5.92. The molecule has 1 heterocycles. The maximum absolute atomic E-state index is 12.2. The normalized spacial score (nSPS) is 21.1. The average Bonchev–Trinajstić information content (AvgIpc) is 2.37. The van der Waals surface area contributed by atoms with Gasteiger partial charge in [-0.3, -0.25) is 4.79 Å². The first-order valence-corrected chi connectivity index (χ1v) is 8.26. The monoisotopic (exact) mass is 329 g/mol. The number of hydrogen-bond donors (Lipinski definition) is 2. The largest absolute Gasteiger partial charge is 0.370 e. The maximum atomic E-state index is 12.2. The first-order chi connectivity index (χ1) is 8.89. The van der Waals surface area contributed by atoms with E-state index in [1.165, 1.54) is 7.11 Å². The lowest BCUT2D eigenvalue weighted by atomic mass is 10.0. The molecule has 0 aromatic heterocycles. The Hall–Kier alpha value is -0.410. The van der Waals surface area contributed by atoms with Gasteiger partial charge in [-0.2, -0.15) is 0 Å². The fourth-order valence-corrected chi connectivity index (χ4v) is 2.73. The summed E-state index contributed by atoms with van der Waals surface area (Å²) in [6, 6.07) is -0.125. The highest BCUT2D eigenvalue weighted by molar-refractivity contribution is 7.88. The zero-order chi connectivity index (χ0) is 14.5. The molecule has 1 fully saturated rings. The predicted octanol–water partition coefficient (Wildman–Crippen LogP) is -0.688. The molecule has 120 valence electrons. The number of amides is 1. The second-order valence-electron chi connectivity index (χ2n) is 4.76. The Morgan fingerprint density at radius 3 is 2.65 bits per heavy atom. The van der Waals surface area contributed by atoms with Crippen molar-refractivity contribution in [2.24, 2.45) is 5.73 Å². The highest BCUT2D eigenvalue weighted by atomic mass is 35.5. The second kappa shape index (κ2) is 8.78. The molecule has 2 unspecified atom stereocenters. The molecule has 0 aromatic carbocycles. The molecule has 20 heavy (non-hydrogen) atoms. The minimum absolute atomic E-state index is 0. The molecule has 2 atom stereocenters. The van der Waals surface area contributed by atoms with Crippen molar-refractivity contribution in [1.82, 2.24) is 9.62 Å². The number of nitrogens with zero attached hydrogens (tertiary/aromatic N) is 1. The van der Waals surface area contributed by atoms with Crippen LogP contribution in [0.2, 0.25) is 0 Å². The molecule has 1 aliphatic heterocycles. The van der Waals surface area contributed by atoms with Gasteiger partial charge in [0, 0.05) is 32.8 Å². The molecule has 0 bridgehead atoms. The van der Waals surface area contributed by atoms with Crippen molar-refractivity contribution in [1.29, 1.82) is 0 Å². The van der Waals surface area contributed by atoms with Crippen molar-refractivity contribution in [3.8, 4) is 0 Å². The summed E-state index contributed by atoms with van der Waals surface area (Å²) in [5.74, 6) is -0.162. The second-order valence-corrected chi connectivity index (χ2v) is 6.59. The van der Waals surface area contributed by atoms with E-state index in [4.69, 9.17) is 10.5 Å². The van der Waals surface area contributed by atoms with Gasteiger partial charge in [-0.15, -0.1) is 12.4 Å². The number of likely N-dealkylation sites (tertiary alicyclic amines) is 1. The molecular formula is C11H24ClN3O4S. The summed E-state index contributed by atoms with van der Waals surface area (Å²) >= 11 is 0. The number of nitrogens with one attached hydrogen (secondary N) is 1. The molecule has 9 heteroatoms. The molecule has 1 amide bonds. The van der Waals surface area contributed by atoms with Crippen LogP contribution in [0.4, 0.5) is 0 Å². The number of carbonyl (C=O) groups excluding carboxylic acids is 1. The van der Waals surface area contributed by atoms with Gasteiger partial charge in [0.1, 0.15) is 6.10 Å². The van der Waals surface area contributed by atoms with Crippen LogP contribution in [0.25, 0.3) is 0 Å². The Balaban J connectivity index is 0.00000361. The minimum Gasteiger partial charge on any atom is -0.370 e. The molecule has 0 spiro atoms. The zero-order valence-corrected chi connectivity index (χ0v) is 13.5. The number of methoxy groups -OCH3 is 1. The zero-order valence-electron chi connectivity index (χ0n) is 11.9. The average molecular weight is 330 g/mol. The van der Waals surface area contributed by atoms with Gasteiger partial charge in [-0.1, -0.05) is 0 Å². The van der Waals surface area contributed by atoms with Crippen LogP contribution >= 0.6 is 12.4 Å². The SMILES string of the molecule is COC(CN)C(=O)N1CCCCC1CNS(C)(=O)=O.Cl. The summed E-state index contributed by atoms with van der Waals surface area (Å²) in [5, 5.41) is 0. The van der Waals surface area contributed by atoms with E-state index in [0.717, 1.165) is 25.5 Å². The van der Waals surface area contributed by atoms with E-state index in [0.29, 0.717) is 6.54 Å². The van der Waals surface area contributed by atoms with Crippen molar-refractivity contribution in [3.63, 3.8) is 0 Å². The third-order valence-electron chi connectivity index (χ3n) is 3.27. The maximum Gasteiger partial charge on any atom is 0.253 e. The molecule has 0 saturated carbocycles. The quantitative estimate of drug-likeness (QED) is 0.671. The fraction of sp³-hybridized carbons (Fsp3) is 0.909. The van der Waals surface area contributed by atoms with Gasteiger partial charge in [0.05, 0.1) is 6.26 Å². The van der Waals surface area contributed by atoms with Gasteiger partial charge >= 0.3 is 0 Å². The summed E-state index contributed by atoms with van der Waals surface area (Å²) in [6.07, 6.45) is 3.15. The lowest BCUT2D eigenvalue weighted by Crippen LogP contribution is -2.53. The van der Waals surface area contributed by atoms with Gasteiger partial charge in [0.2, 0.25) is 10.0 Å². The number of halogens is 1. The number of sulfonamides is 1. The number of ether oxygens (including phenoxy) is 1. The molecule has 0 aliphatic carbocycles. The van der Waals surface area contributed by atoms with Gasteiger partial charge in [-0.05, 0) is 19.3 Å². The van der Waals surface area contributed by atoms with Crippen molar-refractivity contribution < 1.29 is 17.9 Å². The molecule has 1 aliphatic rings. The summed E-state index contributed by atoms with van der Waals surface area (Å²) in [6.45, 7) is 0.985. The molecule has 7 nitrogen and oxygen atoms in total. The van der Waals surface area contributed by atoms with E-state index >= 15 is 0 Å². The molecular weight excluding hydrogens is 306 g/mol. The van der Waals surface area contributed by atoms with Crippen molar-refractivity contribution in [3.05, 3.63) is 0 Å². The van der Waals surface area contributed by atoms with E-state index in [2.05, 4.69) is 4.72 Å². The van der Waals surface area contributed by atoms with Crippen LogP contribution in [0.1, 0.15) is 19.3 Å². The minimum atomic E-state index is -3.25. The van der Waals surface area contributed by atoms with E-state index in [1.54, 1.807) is 4.90 Å². The predicted molar refractivity (Wildman–Crippen MR) is 79.3 cm³/mol. The molecule has 0 radical (unpaired) electrons. The summed E-state index contributed by atoms with van der Waals surface area (Å²) in [7, 11) is -1.80. The van der Waals surface area contributed by atoms with Crippen molar-refractivity contribution in [2.45, 2.75) is 31.4 Å². The third-order valence-corrected chi connectivity index (χ3v) is 3.96. The van der Waals surface area contributed by atoms with E-state index in [9.17, 15) is 13.2 Å². The standard InChI is InChI=1S/C11H23N3O4S.ClH/c1-18-10(7-12)11(15)14-6-4-3-5-9(14)8-13-19(2,16)17;/h9-10,13H,3-8,12H2,1-2H3;1H. The number of nitrogens with two attached hydrogens (primary N) is 1. The van der Waals surface area contributed by atoms with Crippen LogP contribution in [0.3, 0.4) is 0 Å². The van der Waals surface area contributed by atoms with Gasteiger partial charge < -0.3 is 15.4 Å². The van der Waals surface area contributed by atoms with Crippen LogP contribution < -0.4 is 10.5 Å². The molecule has 0 aromatic rings. The fourth-order valence-electron chi connectivity index (χ4n) is 2.23. The van der Waals surface area contributed by atoms with Crippen molar-refractivity contribution >= 4 is 28.3 Å². The Morgan fingerprint density at radius 1 is 1.50 bits per heavy atom. The molecule has 3 N–H and O–H groups in total. The van der Waals surface area contributed by atoms with Crippen LogP contribution in [0, 0.1) is 0 Å². The molecule has 1 saturated heterocycles. The summed E-state index contributed by atoms with van der Waals surface area (Å²) in [5.41, 5.74) is 5.50. The molecule has 1 rings (SSSR count). The highest BCUT2D eigenvalue weighted by Gasteiger charge is 2.31. The lowest BCUT2D eigenvalue weighted by Gasteiger charge is -2.37. The topological polar surface area (TPSA) is 102 Å². The Bertz CT molecular complexity index is 400. The number of rotatable bonds is 6. The first-order valence-electron chi connectivity index (χ1n) is 6.37. The summed E-state index contributed by atoms with van der Waals surface area (Å²) < 4.78 is 29.8. The number of carbonyl (C=O) groups is 1. The summed E-state index contributed by atoms with van der Waals surface area (Å²) in [4.78, 5) is 13.9. The van der Waals surface area contributed by atoms with Crippen LogP contribution in [0.5, 0.6) is 0 Å². The van der Waals surface area contributed by atoms with Crippen LogP contribution in [0.15, 0.2) is 0 Å². The Morgan fingerprint density at radius 2 is 2.15 bits per heavy atom. The number of piperidine rings is 1. The van der Waals surface area contributed by atoms with Crippen molar-refractivity contribution in [2.75, 3.05) is 33.0 Å². The van der Waals surface area contributed by atoms with E-state index in [-0.39, 0.29) is 37.4 Å². The highest BCUT2D eigenvalue weighted by Crippen LogP contribution is 2.18. The van der Waals surface area contributed by atoms with Gasteiger partial charge in [0.25, 0.3) is 5.91 Å². The van der Waals surface area contributed by atoms with Crippen LogP contribution in [-0.2, 0) is 19.6 Å². The smallest absolute Gasteiger partial charge is 0.253 e. The lowest BCUT2D eigenvalue weighted by molar-refractivity contribution is -0.145. The van der Waals surface area contributed by atoms with E-state index in [1.807, 2.05) is 0 Å². The Kier molecular flexibility index (Phi) is 8.60. The van der Waals surface area contributed by atoms with Crippen LogP contribution in [-0.4, -0.2) is 64.4 Å². The van der Waals surface area contributed by atoms with Gasteiger partial charge in [-0.25, -0.2) is 13.1 Å². The Labute approximate surface area is 126 Å².